The lowest BCUT2D eigenvalue weighted by atomic mass is 10.2. The van der Waals surface area contributed by atoms with Crippen molar-refractivity contribution in [2.75, 3.05) is 6.54 Å². The Balaban J connectivity index is 1.74. The molecule has 0 bridgehead atoms. The second-order valence-corrected chi connectivity index (χ2v) is 5.96. The summed E-state index contributed by atoms with van der Waals surface area (Å²) in [5, 5.41) is 8.61. The highest BCUT2D eigenvalue weighted by atomic mass is 32.2. The zero-order valence-electron chi connectivity index (χ0n) is 8.91. The van der Waals surface area contributed by atoms with E-state index in [1.165, 1.54) is 15.0 Å². The van der Waals surface area contributed by atoms with Gasteiger partial charge in [0.25, 0.3) is 0 Å². The van der Waals surface area contributed by atoms with Crippen LogP contribution in [0.15, 0.2) is 40.4 Å². The predicted molar refractivity (Wildman–Crippen MR) is 74.8 cm³/mol. The maximum absolute atomic E-state index is 4.71. The Morgan fingerprint density at radius 3 is 3.12 bits per heavy atom. The molecule has 2 aliphatic rings. The molecule has 1 aromatic carbocycles. The molecule has 0 fully saturated rings. The summed E-state index contributed by atoms with van der Waals surface area (Å²) < 4.78 is 1.34. The van der Waals surface area contributed by atoms with Crippen LogP contribution in [0.2, 0.25) is 0 Å². The molecule has 0 radical (unpaired) electrons. The third-order valence-electron chi connectivity index (χ3n) is 2.95. The van der Waals surface area contributed by atoms with Crippen molar-refractivity contribution in [2.45, 2.75) is 6.04 Å². The molecule has 0 saturated carbocycles. The van der Waals surface area contributed by atoms with Gasteiger partial charge in [-0.1, -0.05) is 18.2 Å². The van der Waals surface area contributed by atoms with Crippen molar-refractivity contribution in [3.63, 3.8) is 0 Å². The lowest BCUT2D eigenvalue weighted by molar-refractivity contribution is 0.466. The number of amidine groups is 1. The maximum Gasteiger partial charge on any atom is 0.186 e. The third-order valence-corrected chi connectivity index (χ3v) is 4.89. The van der Waals surface area contributed by atoms with Crippen molar-refractivity contribution in [3.05, 3.63) is 35.2 Å². The largest absolute Gasteiger partial charge is 0.250 e. The molecule has 0 saturated heterocycles. The van der Waals surface area contributed by atoms with Gasteiger partial charge in [0, 0.05) is 9.58 Å². The van der Waals surface area contributed by atoms with Gasteiger partial charge in [-0.3, -0.25) is 0 Å². The summed E-state index contributed by atoms with van der Waals surface area (Å²) in [5.74, 6) is 0. The summed E-state index contributed by atoms with van der Waals surface area (Å²) in [6.07, 6.45) is 0. The molecule has 1 atom stereocenters. The van der Waals surface area contributed by atoms with Gasteiger partial charge in [-0.05, 0) is 29.3 Å². The Morgan fingerprint density at radius 1 is 1.29 bits per heavy atom. The van der Waals surface area contributed by atoms with Crippen LogP contribution in [0.25, 0.3) is 10.1 Å². The number of hydrogen-bond acceptors (Lipinski definition) is 5. The fourth-order valence-corrected chi connectivity index (χ4v) is 3.90. The van der Waals surface area contributed by atoms with Gasteiger partial charge in [0.1, 0.15) is 6.04 Å². The number of benzene rings is 1. The van der Waals surface area contributed by atoms with Crippen molar-refractivity contribution in [1.82, 2.24) is 5.01 Å². The summed E-state index contributed by atoms with van der Waals surface area (Å²) in [7, 11) is 0. The Kier molecular flexibility index (Phi) is 2.04. The maximum atomic E-state index is 4.71. The van der Waals surface area contributed by atoms with E-state index < -0.39 is 0 Å². The third kappa shape index (κ3) is 1.50. The number of hydrogen-bond donors (Lipinski definition) is 0. The highest BCUT2D eigenvalue weighted by molar-refractivity contribution is 8.25. The molecule has 2 aliphatic heterocycles. The van der Waals surface area contributed by atoms with Gasteiger partial charge in [-0.2, -0.15) is 5.10 Å². The predicted octanol–water partition coefficient (Wildman–Crippen LogP) is 3.30. The van der Waals surface area contributed by atoms with Crippen LogP contribution in [-0.4, -0.2) is 22.3 Å². The van der Waals surface area contributed by atoms with Crippen molar-refractivity contribution in [3.8, 4) is 0 Å². The Bertz CT molecular complexity index is 611. The van der Waals surface area contributed by atoms with Gasteiger partial charge in [-0.15, -0.1) is 11.3 Å². The van der Waals surface area contributed by atoms with Gasteiger partial charge in [0.05, 0.1) is 12.1 Å². The van der Waals surface area contributed by atoms with Crippen LogP contribution < -0.4 is 0 Å². The zero-order chi connectivity index (χ0) is 11.2. The van der Waals surface area contributed by atoms with E-state index in [9.17, 15) is 0 Å². The van der Waals surface area contributed by atoms with Gasteiger partial charge in [0.2, 0.25) is 0 Å². The molecule has 4 rings (SSSR count). The van der Waals surface area contributed by atoms with Gasteiger partial charge in [-0.25, -0.2) is 10.0 Å². The van der Waals surface area contributed by atoms with E-state index in [1.54, 1.807) is 11.8 Å². The number of thioether (sulfide) groups is 1. The quantitative estimate of drug-likeness (QED) is 0.786. The van der Waals surface area contributed by atoms with Gasteiger partial charge < -0.3 is 0 Å². The molecule has 0 spiro atoms. The topological polar surface area (TPSA) is 28.0 Å². The molecule has 1 aromatic heterocycles. The molecule has 0 amide bonds. The van der Waals surface area contributed by atoms with Crippen LogP contribution in [0.4, 0.5) is 0 Å². The van der Waals surface area contributed by atoms with Gasteiger partial charge >= 0.3 is 0 Å². The second kappa shape index (κ2) is 3.58. The van der Waals surface area contributed by atoms with E-state index in [0.717, 1.165) is 11.7 Å². The molecular weight excluding hydrogens is 250 g/mol. The van der Waals surface area contributed by atoms with Crippen LogP contribution >= 0.6 is 23.1 Å². The molecule has 2 aromatic rings. The lowest BCUT2D eigenvalue weighted by Gasteiger charge is -2.07. The van der Waals surface area contributed by atoms with Crippen molar-refractivity contribution >= 4 is 43.9 Å². The molecule has 3 nitrogen and oxygen atoms in total. The summed E-state index contributed by atoms with van der Waals surface area (Å²) in [4.78, 5) is 6.04. The highest BCUT2D eigenvalue weighted by Crippen LogP contribution is 2.36. The Morgan fingerprint density at radius 2 is 2.24 bits per heavy atom. The Hall–Kier alpha value is -1.33. The van der Waals surface area contributed by atoms with Crippen molar-refractivity contribution < 1.29 is 0 Å². The summed E-state index contributed by atoms with van der Waals surface area (Å²) in [6.45, 7) is 0.881. The fourth-order valence-electron chi connectivity index (χ4n) is 2.12. The van der Waals surface area contributed by atoms with E-state index in [1.807, 2.05) is 21.9 Å². The molecule has 0 unspecified atom stereocenters. The van der Waals surface area contributed by atoms with Crippen LogP contribution in [0.5, 0.6) is 0 Å². The van der Waals surface area contributed by atoms with Crippen LogP contribution in [0, 0.1) is 0 Å². The zero-order valence-corrected chi connectivity index (χ0v) is 10.5. The molecular formula is C12H9N3S2. The summed E-state index contributed by atoms with van der Waals surface area (Å²) in [5.41, 5.74) is 1.85. The first-order chi connectivity index (χ1) is 8.40. The van der Waals surface area contributed by atoms with E-state index in [4.69, 9.17) is 4.99 Å². The first kappa shape index (κ1) is 9.67. The van der Waals surface area contributed by atoms with Crippen LogP contribution in [0.3, 0.4) is 0 Å². The molecule has 0 N–H and O–H groups in total. The average Bonchev–Trinajstić information content (AvgIpc) is 3.01. The Labute approximate surface area is 107 Å². The van der Waals surface area contributed by atoms with E-state index in [-0.39, 0.29) is 6.04 Å². The molecule has 0 aliphatic carbocycles. The smallest absolute Gasteiger partial charge is 0.186 e. The van der Waals surface area contributed by atoms with E-state index in [2.05, 4.69) is 35.4 Å². The summed E-state index contributed by atoms with van der Waals surface area (Å²) >= 11 is 3.45. The molecule has 17 heavy (non-hydrogen) atoms. The molecule has 3 heterocycles. The minimum Gasteiger partial charge on any atom is -0.250 e. The van der Waals surface area contributed by atoms with Crippen molar-refractivity contribution in [1.29, 1.82) is 0 Å². The molecule has 5 heteroatoms. The minimum atomic E-state index is 0.257. The average molecular weight is 259 g/mol. The standard InChI is InChI=1S/C12H9N3S2/c1-2-4-10-8(3-1)5-11(17-10)9-6-15-12(14-9)16-7-13-15/h1-5,7,9H,6H2/t9-/m0/s1. The fraction of sp³-hybridized carbons (Fsp3) is 0.167. The van der Waals surface area contributed by atoms with Crippen molar-refractivity contribution in [2.24, 2.45) is 10.1 Å². The summed E-state index contributed by atoms with van der Waals surface area (Å²) in [6, 6.07) is 11.0. The number of fused-ring (bicyclic) bond motifs is 2. The number of hydrazone groups is 1. The monoisotopic (exact) mass is 259 g/mol. The van der Waals surface area contributed by atoms with E-state index in [0.29, 0.717) is 0 Å². The van der Waals surface area contributed by atoms with Crippen LogP contribution in [-0.2, 0) is 0 Å². The van der Waals surface area contributed by atoms with E-state index >= 15 is 0 Å². The highest BCUT2D eigenvalue weighted by Gasteiger charge is 2.29. The first-order valence-electron chi connectivity index (χ1n) is 5.43. The lowest BCUT2D eigenvalue weighted by Crippen LogP contribution is -2.15. The number of nitrogens with zero attached hydrogens (tertiary/aromatic N) is 3. The first-order valence-corrected chi connectivity index (χ1v) is 7.13. The number of aliphatic imine (C=N–C) groups is 1. The SMILES string of the molecule is C1=NN2C[C@@H](c3cc4ccccc4s3)N=C2S1. The number of thiophene rings is 1. The van der Waals surface area contributed by atoms with Crippen LogP contribution in [0.1, 0.15) is 10.9 Å². The normalized spacial score (nSPS) is 22.2. The molecule has 84 valence electrons. The van der Waals surface area contributed by atoms with Gasteiger partial charge in [0.15, 0.2) is 5.17 Å². The second-order valence-electron chi connectivity index (χ2n) is 4.03. The number of rotatable bonds is 1. The minimum absolute atomic E-state index is 0.257.